The number of fused-ring (bicyclic) bond motifs is 1. The zero-order chi connectivity index (χ0) is 23.3. The van der Waals surface area contributed by atoms with Crippen LogP contribution in [0.3, 0.4) is 0 Å². The average molecular weight is 489 g/mol. The minimum absolute atomic E-state index is 0.382. The van der Waals surface area contributed by atoms with E-state index in [0.29, 0.717) is 41.9 Å². The monoisotopic (exact) mass is 488 g/mol. The van der Waals surface area contributed by atoms with E-state index in [1.807, 2.05) is 12.1 Å². The number of nitrogens with one attached hydrogen (secondary N) is 1. The maximum absolute atomic E-state index is 12.5. The highest BCUT2D eigenvalue weighted by atomic mass is 32.1. The number of thiazole rings is 1. The van der Waals surface area contributed by atoms with Gasteiger partial charge in [0.05, 0.1) is 62.9 Å². The van der Waals surface area contributed by atoms with Crippen molar-refractivity contribution in [1.82, 2.24) is 19.7 Å². The summed E-state index contributed by atoms with van der Waals surface area (Å²) in [6.45, 7) is 7.94. The Bertz CT molecular complexity index is 1120. The van der Waals surface area contributed by atoms with Crippen LogP contribution in [0.15, 0.2) is 24.5 Å². The van der Waals surface area contributed by atoms with Gasteiger partial charge in [0.25, 0.3) is 0 Å². The van der Waals surface area contributed by atoms with E-state index in [2.05, 4.69) is 25.2 Å². The van der Waals surface area contributed by atoms with Crippen LogP contribution in [0.25, 0.3) is 10.2 Å². The summed E-state index contributed by atoms with van der Waals surface area (Å²) in [4.78, 5) is 21.7. The Kier molecular flexibility index (Phi) is 7.09. The fourth-order valence-corrected chi connectivity index (χ4v) is 5.06. The van der Waals surface area contributed by atoms with E-state index in [0.717, 1.165) is 56.3 Å². The number of methoxy groups -OCH3 is 1. The second-order valence-corrected chi connectivity index (χ2v) is 8.99. The van der Waals surface area contributed by atoms with Crippen molar-refractivity contribution in [2.45, 2.75) is 6.54 Å². The Morgan fingerprint density at radius 1 is 1.12 bits per heavy atom. The lowest BCUT2D eigenvalue weighted by atomic mass is 10.2. The van der Waals surface area contributed by atoms with Crippen molar-refractivity contribution >= 4 is 38.5 Å². The van der Waals surface area contributed by atoms with Gasteiger partial charge in [-0.3, -0.25) is 14.9 Å². The number of morpholine rings is 2. The highest BCUT2D eigenvalue weighted by Gasteiger charge is 2.20. The smallest absolute Gasteiger partial charge is 0.419 e. The molecule has 4 heterocycles. The predicted octanol–water partition coefficient (Wildman–Crippen LogP) is 2.28. The highest BCUT2D eigenvalue weighted by molar-refractivity contribution is 7.23. The van der Waals surface area contributed by atoms with Crippen LogP contribution in [0.1, 0.15) is 0 Å². The molecule has 0 radical (unpaired) electrons. The van der Waals surface area contributed by atoms with Gasteiger partial charge in [0.2, 0.25) is 0 Å². The van der Waals surface area contributed by atoms with E-state index in [-0.39, 0.29) is 0 Å². The summed E-state index contributed by atoms with van der Waals surface area (Å²) in [5.74, 6) is 1.04. The van der Waals surface area contributed by atoms with Crippen LogP contribution in [0, 0.1) is 0 Å². The third-order valence-corrected chi connectivity index (χ3v) is 6.83. The fourth-order valence-electron chi connectivity index (χ4n) is 4.05. The van der Waals surface area contributed by atoms with Gasteiger partial charge in [-0.05, 0) is 12.1 Å². The number of carbonyl (C=O) groups is 1. The Balaban J connectivity index is 1.23. The van der Waals surface area contributed by atoms with Crippen LogP contribution < -0.4 is 19.7 Å². The van der Waals surface area contributed by atoms with Crippen LogP contribution in [0.5, 0.6) is 11.5 Å². The number of aromatic nitrogens is 3. The molecule has 2 saturated heterocycles. The van der Waals surface area contributed by atoms with Gasteiger partial charge in [-0.1, -0.05) is 11.3 Å². The van der Waals surface area contributed by atoms with Crippen LogP contribution in [0.2, 0.25) is 0 Å². The molecule has 0 spiro atoms. The number of hydrogen-bond donors (Lipinski definition) is 1. The van der Waals surface area contributed by atoms with Crippen LogP contribution in [-0.4, -0.2) is 92.0 Å². The van der Waals surface area contributed by atoms with E-state index in [4.69, 9.17) is 18.9 Å². The van der Waals surface area contributed by atoms with E-state index in [9.17, 15) is 4.79 Å². The largest absolute Gasteiger partial charge is 0.494 e. The van der Waals surface area contributed by atoms with Crippen molar-refractivity contribution in [3.8, 4) is 11.5 Å². The predicted molar refractivity (Wildman–Crippen MR) is 128 cm³/mol. The zero-order valence-corrected chi connectivity index (χ0v) is 19.9. The lowest BCUT2D eigenvalue weighted by Crippen LogP contribution is -2.38. The minimum atomic E-state index is -0.612. The van der Waals surface area contributed by atoms with Crippen LogP contribution in [0.4, 0.5) is 15.6 Å². The first kappa shape index (κ1) is 22.8. The summed E-state index contributed by atoms with van der Waals surface area (Å²) < 4.78 is 24.5. The first-order valence-corrected chi connectivity index (χ1v) is 12.1. The first-order chi connectivity index (χ1) is 16.7. The molecule has 2 aliphatic rings. The van der Waals surface area contributed by atoms with Gasteiger partial charge in [-0.15, -0.1) is 0 Å². The lowest BCUT2D eigenvalue weighted by molar-refractivity contribution is 0.0359. The normalized spacial score (nSPS) is 17.1. The second kappa shape index (κ2) is 10.6. The van der Waals surface area contributed by atoms with Gasteiger partial charge >= 0.3 is 6.09 Å². The molecule has 182 valence electrons. The van der Waals surface area contributed by atoms with Crippen LogP contribution in [-0.2, 0) is 16.0 Å². The number of anilines is 2. The highest BCUT2D eigenvalue weighted by Crippen LogP contribution is 2.39. The molecule has 0 aliphatic carbocycles. The number of benzene rings is 1. The van der Waals surface area contributed by atoms with Gasteiger partial charge in [0, 0.05) is 32.7 Å². The quantitative estimate of drug-likeness (QED) is 0.536. The summed E-state index contributed by atoms with van der Waals surface area (Å²) in [5, 5.41) is 7.48. The van der Waals surface area contributed by atoms with Crippen molar-refractivity contribution in [2.75, 3.05) is 76.5 Å². The van der Waals surface area contributed by atoms with Crippen molar-refractivity contribution in [3.63, 3.8) is 0 Å². The van der Waals surface area contributed by atoms with Gasteiger partial charge in [0.15, 0.2) is 10.9 Å². The summed E-state index contributed by atoms with van der Waals surface area (Å²) >= 11 is 1.39. The van der Waals surface area contributed by atoms with Crippen molar-refractivity contribution in [2.24, 2.45) is 0 Å². The number of nitrogens with zero attached hydrogens (tertiary/aromatic N) is 5. The maximum atomic E-state index is 12.5. The summed E-state index contributed by atoms with van der Waals surface area (Å²) in [6, 6.07) is 3.93. The van der Waals surface area contributed by atoms with Gasteiger partial charge in [-0.2, -0.15) is 5.10 Å². The molecule has 0 atom stereocenters. The van der Waals surface area contributed by atoms with Gasteiger partial charge in [0.1, 0.15) is 11.3 Å². The molecule has 2 aliphatic heterocycles. The van der Waals surface area contributed by atoms with Crippen molar-refractivity contribution < 1.29 is 23.7 Å². The second-order valence-electron chi connectivity index (χ2n) is 7.99. The SMILES string of the molecule is COc1ccc(N2CCOCC2)c2sc(NC(=O)Oc3cnn(CCN4CCOCC4)c3)nc12. The first-order valence-electron chi connectivity index (χ1n) is 11.3. The fraction of sp³-hybridized carbons (Fsp3) is 0.500. The Morgan fingerprint density at radius 3 is 2.65 bits per heavy atom. The minimum Gasteiger partial charge on any atom is -0.494 e. The molecule has 0 unspecified atom stereocenters. The third-order valence-electron chi connectivity index (χ3n) is 5.84. The number of ether oxygens (including phenoxy) is 4. The van der Waals surface area contributed by atoms with E-state index in [1.54, 1.807) is 18.0 Å². The molecule has 2 fully saturated rings. The van der Waals surface area contributed by atoms with E-state index >= 15 is 0 Å². The molecule has 1 N–H and O–H groups in total. The third kappa shape index (κ3) is 5.25. The number of hydrogen-bond acceptors (Lipinski definition) is 10. The molecular formula is C22H28N6O5S. The molecule has 1 aromatic carbocycles. The maximum Gasteiger partial charge on any atom is 0.419 e. The van der Waals surface area contributed by atoms with E-state index in [1.165, 1.54) is 17.5 Å². The Labute approximate surface area is 201 Å². The van der Waals surface area contributed by atoms with Crippen molar-refractivity contribution in [3.05, 3.63) is 24.5 Å². The summed E-state index contributed by atoms with van der Waals surface area (Å²) in [6.07, 6.45) is 2.65. The van der Waals surface area contributed by atoms with Crippen LogP contribution >= 0.6 is 11.3 Å². The molecule has 11 nitrogen and oxygen atoms in total. The molecule has 12 heteroatoms. The molecule has 0 bridgehead atoms. The summed E-state index contributed by atoms with van der Waals surface area (Å²) in [5.41, 5.74) is 1.77. The Morgan fingerprint density at radius 2 is 1.88 bits per heavy atom. The molecule has 3 aromatic rings. The van der Waals surface area contributed by atoms with Crippen molar-refractivity contribution in [1.29, 1.82) is 0 Å². The number of rotatable bonds is 7. The average Bonchev–Trinajstić information content (AvgIpc) is 3.50. The molecule has 1 amide bonds. The Hall–Kier alpha value is -2.93. The molecular weight excluding hydrogens is 460 g/mol. The van der Waals surface area contributed by atoms with Gasteiger partial charge < -0.3 is 23.8 Å². The van der Waals surface area contributed by atoms with E-state index < -0.39 is 6.09 Å². The molecule has 2 aromatic heterocycles. The molecule has 5 rings (SSSR count). The lowest BCUT2D eigenvalue weighted by Gasteiger charge is -2.29. The zero-order valence-electron chi connectivity index (χ0n) is 19.1. The van der Waals surface area contributed by atoms with Gasteiger partial charge in [-0.25, -0.2) is 9.78 Å². The number of carbonyl (C=O) groups excluding carboxylic acids is 1. The standard InChI is InChI=1S/C22H28N6O5S/c1-30-18-3-2-17(27-8-12-32-13-9-27)20-19(18)24-21(34-20)25-22(29)33-16-14-23-28(15-16)5-4-26-6-10-31-11-7-26/h2-3,14-15H,4-13H2,1H3,(H,24,25,29). The summed E-state index contributed by atoms with van der Waals surface area (Å²) in [7, 11) is 1.61. The molecule has 0 saturated carbocycles. The molecule has 34 heavy (non-hydrogen) atoms. The topological polar surface area (TPSA) is 103 Å². The number of amides is 1.